The highest BCUT2D eigenvalue weighted by Crippen LogP contribution is 2.33. The Kier molecular flexibility index (Phi) is 2.82. The van der Waals surface area contributed by atoms with Crippen LogP contribution in [0.2, 0.25) is 0 Å². The molecule has 0 saturated heterocycles. The highest BCUT2D eigenvalue weighted by Gasteiger charge is 2.32. The lowest BCUT2D eigenvalue weighted by Gasteiger charge is -2.33. The van der Waals surface area contributed by atoms with Gasteiger partial charge in [0.25, 0.3) is 5.91 Å². The van der Waals surface area contributed by atoms with Crippen LogP contribution < -0.4 is 9.80 Å². The first-order valence-electron chi connectivity index (χ1n) is 6.31. The molecule has 0 unspecified atom stereocenters. The number of likely N-dealkylation sites (N-methyl/N-ethyl adjacent to an activating group) is 1. The average Bonchev–Trinajstić information content (AvgIpc) is 2.88. The first-order valence-corrected chi connectivity index (χ1v) is 6.31. The third-order valence-electron chi connectivity index (χ3n) is 3.50. The molecule has 2 aromatic rings. The van der Waals surface area contributed by atoms with Crippen molar-refractivity contribution in [2.24, 2.45) is 0 Å². The van der Waals surface area contributed by atoms with Crippen molar-refractivity contribution in [3.63, 3.8) is 0 Å². The molecule has 102 valence electrons. The number of fused-ring (bicyclic) bond motifs is 1. The molecule has 0 saturated carbocycles. The van der Waals surface area contributed by atoms with E-state index >= 15 is 0 Å². The van der Waals surface area contributed by atoms with E-state index in [0.29, 0.717) is 0 Å². The smallest absolute Gasteiger partial charge is 0.294 e. The number of furan rings is 1. The fourth-order valence-corrected chi connectivity index (χ4v) is 2.33. The molecule has 0 bridgehead atoms. The average molecular weight is 270 g/mol. The van der Waals surface area contributed by atoms with E-state index in [1.54, 1.807) is 24.9 Å². The van der Waals surface area contributed by atoms with Crippen molar-refractivity contribution in [2.75, 3.05) is 23.4 Å². The van der Waals surface area contributed by atoms with Gasteiger partial charge >= 0.3 is 0 Å². The molecule has 0 spiro atoms. The number of carbonyl (C=O) groups excluding carboxylic acids is 2. The lowest BCUT2D eigenvalue weighted by molar-refractivity contribution is -0.117. The van der Waals surface area contributed by atoms with Crippen molar-refractivity contribution < 1.29 is 14.0 Å². The standard InChI is InChI=1S/C15H14N2O3/c1-10-7-8-20-14(10)15(19)17-9-13(18)16(2)11-5-3-4-6-12(11)17/h3-8H,9H2,1-2H3. The van der Waals surface area contributed by atoms with Gasteiger partial charge in [-0.05, 0) is 25.1 Å². The summed E-state index contributed by atoms with van der Waals surface area (Å²) in [6.07, 6.45) is 1.48. The number of hydrogen-bond donors (Lipinski definition) is 0. The number of anilines is 2. The number of carbonyl (C=O) groups is 2. The quantitative estimate of drug-likeness (QED) is 0.798. The van der Waals surface area contributed by atoms with Crippen LogP contribution in [0.25, 0.3) is 0 Å². The lowest BCUT2D eigenvalue weighted by Crippen LogP contribution is -2.46. The Balaban J connectivity index is 2.07. The van der Waals surface area contributed by atoms with Crippen LogP contribution in [0.3, 0.4) is 0 Å². The second-order valence-corrected chi connectivity index (χ2v) is 4.77. The first kappa shape index (κ1) is 12.5. The number of benzene rings is 1. The molecule has 2 amide bonds. The van der Waals surface area contributed by atoms with E-state index in [2.05, 4.69) is 0 Å². The Morgan fingerprint density at radius 3 is 2.55 bits per heavy atom. The minimum absolute atomic E-state index is 0.0203. The summed E-state index contributed by atoms with van der Waals surface area (Å²) in [5, 5.41) is 0. The van der Waals surface area contributed by atoms with Crippen LogP contribution in [-0.4, -0.2) is 25.4 Å². The molecule has 0 N–H and O–H groups in total. The van der Waals surface area contributed by atoms with Crippen LogP contribution in [0, 0.1) is 6.92 Å². The van der Waals surface area contributed by atoms with E-state index in [1.807, 2.05) is 24.3 Å². The van der Waals surface area contributed by atoms with Gasteiger partial charge in [0.2, 0.25) is 5.91 Å². The van der Waals surface area contributed by atoms with Crippen molar-refractivity contribution in [3.05, 3.63) is 47.9 Å². The van der Waals surface area contributed by atoms with Crippen molar-refractivity contribution in [1.82, 2.24) is 0 Å². The summed E-state index contributed by atoms with van der Waals surface area (Å²) in [7, 11) is 1.71. The monoisotopic (exact) mass is 270 g/mol. The summed E-state index contributed by atoms with van der Waals surface area (Å²) < 4.78 is 5.24. The van der Waals surface area contributed by atoms with Crippen molar-refractivity contribution in [1.29, 1.82) is 0 Å². The van der Waals surface area contributed by atoms with E-state index in [1.165, 1.54) is 11.2 Å². The number of nitrogens with zero attached hydrogens (tertiary/aromatic N) is 2. The molecular weight excluding hydrogens is 256 g/mol. The van der Waals surface area contributed by atoms with E-state index < -0.39 is 0 Å². The van der Waals surface area contributed by atoms with Crippen LogP contribution in [0.5, 0.6) is 0 Å². The second kappa shape index (κ2) is 4.52. The summed E-state index contributed by atoms with van der Waals surface area (Å²) >= 11 is 0. The molecule has 0 fully saturated rings. The van der Waals surface area contributed by atoms with Gasteiger partial charge in [0, 0.05) is 12.6 Å². The van der Waals surface area contributed by atoms with Crippen molar-refractivity contribution in [3.8, 4) is 0 Å². The number of rotatable bonds is 1. The summed E-state index contributed by atoms with van der Waals surface area (Å²) in [5.74, 6) is -0.139. The molecule has 1 aliphatic rings. The predicted molar refractivity (Wildman–Crippen MR) is 75.0 cm³/mol. The highest BCUT2D eigenvalue weighted by molar-refractivity contribution is 6.15. The zero-order valence-corrected chi connectivity index (χ0v) is 11.3. The molecule has 1 aromatic carbocycles. The van der Waals surface area contributed by atoms with Gasteiger partial charge in [-0.25, -0.2) is 0 Å². The van der Waals surface area contributed by atoms with Crippen LogP contribution in [-0.2, 0) is 4.79 Å². The molecule has 5 nitrogen and oxygen atoms in total. The van der Waals surface area contributed by atoms with Crippen molar-refractivity contribution >= 4 is 23.2 Å². The molecule has 0 radical (unpaired) electrons. The zero-order valence-electron chi connectivity index (χ0n) is 11.3. The molecule has 1 aromatic heterocycles. The maximum atomic E-state index is 12.6. The molecule has 2 heterocycles. The maximum Gasteiger partial charge on any atom is 0.294 e. The lowest BCUT2D eigenvalue weighted by atomic mass is 10.1. The van der Waals surface area contributed by atoms with Gasteiger partial charge < -0.3 is 9.32 Å². The van der Waals surface area contributed by atoms with Gasteiger partial charge in [0.05, 0.1) is 17.6 Å². The third kappa shape index (κ3) is 1.79. The molecule has 5 heteroatoms. The van der Waals surface area contributed by atoms with Gasteiger partial charge in [-0.3, -0.25) is 14.5 Å². The Hall–Kier alpha value is -2.56. The largest absolute Gasteiger partial charge is 0.459 e. The predicted octanol–water partition coefficient (Wildman–Crippen LogP) is 2.21. The molecule has 0 aliphatic carbocycles. The van der Waals surface area contributed by atoms with Gasteiger partial charge in [-0.2, -0.15) is 0 Å². The number of amides is 2. The fourth-order valence-electron chi connectivity index (χ4n) is 2.33. The molecular formula is C15H14N2O3. The van der Waals surface area contributed by atoms with Crippen LogP contribution in [0.15, 0.2) is 41.0 Å². The fraction of sp³-hybridized carbons (Fsp3) is 0.200. The zero-order chi connectivity index (χ0) is 14.3. The van der Waals surface area contributed by atoms with Crippen LogP contribution in [0.1, 0.15) is 16.1 Å². The van der Waals surface area contributed by atoms with E-state index in [9.17, 15) is 9.59 Å². The minimum atomic E-state index is -0.290. The van der Waals surface area contributed by atoms with Crippen LogP contribution >= 0.6 is 0 Å². The molecule has 1 aliphatic heterocycles. The van der Waals surface area contributed by atoms with Crippen LogP contribution in [0.4, 0.5) is 11.4 Å². The Bertz CT molecular complexity index is 690. The Morgan fingerprint density at radius 2 is 1.90 bits per heavy atom. The van der Waals surface area contributed by atoms with Gasteiger partial charge in [-0.15, -0.1) is 0 Å². The summed E-state index contributed by atoms with van der Waals surface area (Å²) in [6.45, 7) is 1.83. The Labute approximate surface area is 116 Å². The molecule has 0 atom stereocenters. The SMILES string of the molecule is Cc1ccoc1C(=O)N1CC(=O)N(C)c2ccccc21. The van der Waals surface area contributed by atoms with E-state index in [4.69, 9.17) is 4.42 Å². The summed E-state index contributed by atoms with van der Waals surface area (Å²) in [6, 6.07) is 9.07. The van der Waals surface area contributed by atoms with Gasteiger partial charge in [0.15, 0.2) is 5.76 Å². The summed E-state index contributed by atoms with van der Waals surface area (Å²) in [5.41, 5.74) is 2.20. The Morgan fingerprint density at radius 1 is 1.20 bits per heavy atom. The maximum absolute atomic E-state index is 12.6. The van der Waals surface area contributed by atoms with Gasteiger partial charge in [-0.1, -0.05) is 12.1 Å². The number of hydrogen-bond acceptors (Lipinski definition) is 3. The minimum Gasteiger partial charge on any atom is -0.459 e. The van der Waals surface area contributed by atoms with Gasteiger partial charge in [0.1, 0.15) is 6.54 Å². The summed E-state index contributed by atoms with van der Waals surface area (Å²) in [4.78, 5) is 27.6. The topological polar surface area (TPSA) is 53.8 Å². The molecule has 20 heavy (non-hydrogen) atoms. The van der Waals surface area contributed by atoms with E-state index in [0.717, 1.165) is 16.9 Å². The number of para-hydroxylation sites is 2. The molecule has 3 rings (SSSR count). The highest BCUT2D eigenvalue weighted by atomic mass is 16.3. The number of aryl methyl sites for hydroxylation is 1. The third-order valence-corrected chi connectivity index (χ3v) is 3.50. The van der Waals surface area contributed by atoms with E-state index in [-0.39, 0.29) is 24.1 Å². The normalized spacial score (nSPS) is 14.4. The first-order chi connectivity index (χ1) is 9.59. The van der Waals surface area contributed by atoms with Crippen molar-refractivity contribution in [2.45, 2.75) is 6.92 Å². The second-order valence-electron chi connectivity index (χ2n) is 4.77.